The van der Waals surface area contributed by atoms with Crippen molar-refractivity contribution in [2.75, 3.05) is 24.1 Å². The number of carbonyl (C=O) groups excluding carboxylic acids is 1. The summed E-state index contributed by atoms with van der Waals surface area (Å²) >= 11 is 0. The number of fused-ring (bicyclic) bond motifs is 2. The van der Waals surface area contributed by atoms with Gasteiger partial charge >= 0.3 is 0 Å². The molecule has 2 heterocycles. The molecule has 1 aromatic heterocycles. The number of hydrogen-bond donors (Lipinski definition) is 1. The second-order valence-electron chi connectivity index (χ2n) is 8.31. The SMILES string of the molecule is CC1(c2cccc(NS(C)(=O)=O)c2)C2CN(C(=O)c3cc4ccccc4o3)CC21. The standard InChI is InChI=1S/C22H22N2O4S/c1-22(15-7-5-8-16(11-15)23-29(2,26)27)17-12-24(13-18(17)22)21(25)20-10-14-6-3-4-9-19(14)28-20/h3-11,17-18,23H,12-13H2,1-2H3. The van der Waals surface area contributed by atoms with Gasteiger partial charge in [-0.3, -0.25) is 9.52 Å². The van der Waals surface area contributed by atoms with Crippen LogP contribution >= 0.6 is 0 Å². The van der Waals surface area contributed by atoms with Gasteiger partial charge in [0.2, 0.25) is 10.0 Å². The molecule has 2 fully saturated rings. The topological polar surface area (TPSA) is 79.6 Å². The minimum absolute atomic E-state index is 0.0418. The highest BCUT2D eigenvalue weighted by Crippen LogP contribution is 2.63. The maximum Gasteiger partial charge on any atom is 0.289 e. The van der Waals surface area contributed by atoms with Crippen LogP contribution in [0.5, 0.6) is 0 Å². The summed E-state index contributed by atoms with van der Waals surface area (Å²) in [6.07, 6.45) is 1.15. The van der Waals surface area contributed by atoms with Crippen LogP contribution in [-0.4, -0.2) is 38.6 Å². The second-order valence-corrected chi connectivity index (χ2v) is 10.1. The molecule has 5 rings (SSSR count). The Morgan fingerprint density at radius 1 is 1.10 bits per heavy atom. The predicted octanol–water partition coefficient (Wildman–Crippen LogP) is 3.46. The van der Waals surface area contributed by atoms with E-state index in [0.29, 0.717) is 36.4 Å². The maximum absolute atomic E-state index is 12.9. The Kier molecular flexibility index (Phi) is 3.84. The van der Waals surface area contributed by atoms with Crippen LogP contribution in [0.4, 0.5) is 5.69 Å². The van der Waals surface area contributed by atoms with Crippen LogP contribution < -0.4 is 4.72 Å². The Morgan fingerprint density at radius 3 is 2.52 bits per heavy atom. The summed E-state index contributed by atoms with van der Waals surface area (Å²) in [7, 11) is -3.31. The molecule has 1 aliphatic carbocycles. The lowest BCUT2D eigenvalue weighted by molar-refractivity contribution is 0.0736. The summed E-state index contributed by atoms with van der Waals surface area (Å²) in [6.45, 7) is 3.56. The van der Waals surface area contributed by atoms with Gasteiger partial charge in [0, 0.05) is 29.6 Å². The van der Waals surface area contributed by atoms with Gasteiger partial charge in [-0.2, -0.15) is 0 Å². The van der Waals surface area contributed by atoms with E-state index in [1.165, 1.54) is 0 Å². The van der Waals surface area contributed by atoms with Crippen molar-refractivity contribution in [3.8, 4) is 0 Å². The number of para-hydroxylation sites is 1. The monoisotopic (exact) mass is 410 g/mol. The molecule has 150 valence electrons. The van der Waals surface area contributed by atoms with Gasteiger partial charge in [0.15, 0.2) is 5.76 Å². The summed E-state index contributed by atoms with van der Waals surface area (Å²) in [6, 6.07) is 17.0. The molecule has 29 heavy (non-hydrogen) atoms. The van der Waals surface area contributed by atoms with Crippen molar-refractivity contribution >= 4 is 32.6 Å². The highest BCUT2D eigenvalue weighted by atomic mass is 32.2. The molecule has 1 aliphatic heterocycles. The first-order chi connectivity index (χ1) is 13.8. The number of nitrogens with zero attached hydrogens (tertiary/aromatic N) is 1. The highest BCUT2D eigenvalue weighted by molar-refractivity contribution is 7.92. The van der Waals surface area contributed by atoms with Crippen LogP contribution in [0.15, 0.2) is 59.0 Å². The zero-order chi connectivity index (χ0) is 20.4. The predicted molar refractivity (Wildman–Crippen MR) is 111 cm³/mol. The van der Waals surface area contributed by atoms with Crippen molar-refractivity contribution < 1.29 is 17.6 Å². The van der Waals surface area contributed by atoms with Gasteiger partial charge < -0.3 is 9.32 Å². The average molecular weight is 410 g/mol. The highest BCUT2D eigenvalue weighted by Gasteiger charge is 2.66. The van der Waals surface area contributed by atoms with Crippen molar-refractivity contribution in [2.45, 2.75) is 12.3 Å². The molecule has 7 heteroatoms. The maximum atomic E-state index is 12.9. The zero-order valence-electron chi connectivity index (χ0n) is 16.3. The fourth-order valence-electron chi connectivity index (χ4n) is 4.85. The summed E-state index contributed by atoms with van der Waals surface area (Å²) < 4.78 is 31.3. The van der Waals surface area contributed by atoms with Crippen LogP contribution in [0, 0.1) is 11.8 Å². The number of amides is 1. The van der Waals surface area contributed by atoms with E-state index in [1.807, 2.05) is 47.4 Å². The van der Waals surface area contributed by atoms with E-state index in [2.05, 4.69) is 11.6 Å². The summed E-state index contributed by atoms with van der Waals surface area (Å²) in [5, 5.41) is 0.931. The molecule has 2 aromatic carbocycles. The molecule has 2 aliphatic rings. The van der Waals surface area contributed by atoms with E-state index in [1.54, 1.807) is 12.1 Å². The second kappa shape index (κ2) is 6.10. The van der Waals surface area contributed by atoms with Crippen LogP contribution in [0.1, 0.15) is 23.0 Å². The van der Waals surface area contributed by atoms with Crippen molar-refractivity contribution in [3.63, 3.8) is 0 Å². The van der Waals surface area contributed by atoms with Gasteiger partial charge in [0.05, 0.1) is 6.26 Å². The molecule has 2 unspecified atom stereocenters. The van der Waals surface area contributed by atoms with E-state index in [0.717, 1.165) is 22.8 Å². The number of sulfonamides is 1. The first-order valence-corrected chi connectivity index (χ1v) is 11.5. The third kappa shape index (κ3) is 3.00. The molecule has 2 atom stereocenters. The Bertz CT molecular complexity index is 1190. The number of piperidine rings is 1. The van der Waals surface area contributed by atoms with E-state index in [-0.39, 0.29) is 11.3 Å². The van der Waals surface area contributed by atoms with Crippen molar-refractivity contribution in [1.82, 2.24) is 4.90 Å². The van der Waals surface area contributed by atoms with Crippen LogP contribution in [0.25, 0.3) is 11.0 Å². The fourth-order valence-corrected chi connectivity index (χ4v) is 5.41. The molecule has 1 N–H and O–H groups in total. The molecule has 6 nitrogen and oxygen atoms in total. The van der Waals surface area contributed by atoms with Crippen LogP contribution in [0.3, 0.4) is 0 Å². The molecule has 1 saturated heterocycles. The first kappa shape index (κ1) is 18.2. The van der Waals surface area contributed by atoms with Gasteiger partial charge in [-0.15, -0.1) is 0 Å². The van der Waals surface area contributed by atoms with E-state index in [4.69, 9.17) is 4.42 Å². The lowest BCUT2D eigenvalue weighted by Crippen LogP contribution is -2.34. The van der Waals surface area contributed by atoms with Gasteiger partial charge in [0.25, 0.3) is 5.91 Å². The Hall–Kier alpha value is -2.80. The largest absolute Gasteiger partial charge is 0.451 e. The molecular weight excluding hydrogens is 388 g/mol. The molecular formula is C22H22N2O4S. The van der Waals surface area contributed by atoms with Crippen molar-refractivity contribution in [1.29, 1.82) is 0 Å². The van der Waals surface area contributed by atoms with Crippen molar-refractivity contribution in [3.05, 3.63) is 65.9 Å². The number of hydrogen-bond acceptors (Lipinski definition) is 4. The molecule has 1 saturated carbocycles. The lowest BCUT2D eigenvalue weighted by Gasteiger charge is -2.24. The number of anilines is 1. The summed E-state index contributed by atoms with van der Waals surface area (Å²) in [5.41, 5.74) is 2.36. The Morgan fingerprint density at radius 2 is 1.83 bits per heavy atom. The normalized spacial score (nSPS) is 25.8. The molecule has 3 aromatic rings. The van der Waals surface area contributed by atoms with E-state index in [9.17, 15) is 13.2 Å². The van der Waals surface area contributed by atoms with Crippen molar-refractivity contribution in [2.24, 2.45) is 11.8 Å². The number of rotatable bonds is 4. The fraction of sp³-hybridized carbons (Fsp3) is 0.318. The van der Waals surface area contributed by atoms with E-state index < -0.39 is 10.0 Å². The number of furan rings is 1. The quantitative estimate of drug-likeness (QED) is 0.714. The van der Waals surface area contributed by atoms with E-state index >= 15 is 0 Å². The van der Waals surface area contributed by atoms with Gasteiger partial charge in [-0.25, -0.2) is 8.42 Å². The Labute approximate surface area is 169 Å². The number of benzene rings is 2. The van der Waals surface area contributed by atoms with Gasteiger partial charge in [-0.1, -0.05) is 37.3 Å². The number of nitrogens with one attached hydrogen (secondary N) is 1. The third-order valence-corrected chi connectivity index (χ3v) is 7.07. The number of carbonyl (C=O) groups is 1. The summed E-state index contributed by atoms with van der Waals surface area (Å²) in [5.74, 6) is 1.05. The molecule has 0 bridgehead atoms. The minimum Gasteiger partial charge on any atom is -0.451 e. The average Bonchev–Trinajstić information content (AvgIpc) is 3.07. The smallest absolute Gasteiger partial charge is 0.289 e. The minimum atomic E-state index is -3.31. The van der Waals surface area contributed by atoms with Crippen LogP contribution in [-0.2, 0) is 15.4 Å². The third-order valence-electron chi connectivity index (χ3n) is 6.46. The number of likely N-dealkylation sites (tertiary alicyclic amines) is 1. The van der Waals surface area contributed by atoms with Gasteiger partial charge in [0.1, 0.15) is 5.58 Å². The summed E-state index contributed by atoms with van der Waals surface area (Å²) in [4.78, 5) is 14.8. The Balaban J connectivity index is 1.32. The molecule has 0 radical (unpaired) electrons. The molecule has 0 spiro atoms. The first-order valence-electron chi connectivity index (χ1n) is 9.62. The molecule has 1 amide bonds. The van der Waals surface area contributed by atoms with Crippen LogP contribution in [0.2, 0.25) is 0 Å². The van der Waals surface area contributed by atoms with Gasteiger partial charge in [-0.05, 0) is 41.7 Å². The lowest BCUT2D eigenvalue weighted by atomic mass is 9.92. The zero-order valence-corrected chi connectivity index (χ0v) is 17.1.